The second-order valence-electron chi connectivity index (χ2n) is 32.1. The van der Waals surface area contributed by atoms with E-state index in [-0.39, 0.29) is 41.9 Å². The van der Waals surface area contributed by atoms with Gasteiger partial charge in [0.15, 0.2) is 31.5 Å². The number of rotatable bonds is 23. The first kappa shape index (κ1) is 80.9. The maximum absolute atomic E-state index is 12.9. The van der Waals surface area contributed by atoms with Gasteiger partial charge in [0.1, 0.15) is 134 Å². The van der Waals surface area contributed by atoms with E-state index in [1.54, 1.807) is 0 Å². The summed E-state index contributed by atoms with van der Waals surface area (Å²) in [6.07, 6.45) is -45.2. The van der Waals surface area contributed by atoms with Gasteiger partial charge >= 0.3 is 0 Å². The van der Waals surface area contributed by atoms with Crippen molar-refractivity contribution in [1.29, 1.82) is 0 Å². The zero-order valence-corrected chi connectivity index (χ0v) is 57.9. The third kappa shape index (κ3) is 14.9. The minimum atomic E-state index is -2.03. The standard InChI is InChI=1S/C67H114O33/c1-25(27-15-16-65(6)36-12-10-28-29(67(36,8)37(71)18-66(27,65)7)11-14-38(63(28,2)3)98-60-55(87)51(83)45(77)34(96-60)23-91-58-53(85)48(80)42(74)31(20-69)93-58)9-13-39(64(4,5)89)99-62-57(100-61-56(88)49(81)43(75)32(21-70)94-61)52(84)46(78)35(97-62)24-92-59-54(86)50(82)44(76)33(95-59)22-90-30-17-26(19-68)40(72)47(79)41(30)73/h10,25-27,29-62,68-89H,9,11-24H2,1-8H3/t25-,26-,27?,29?,30?,31-,32+,33-,34-,35-,36?,37-,38+,39-,40-,41+,42-,43+,44-,45-,46-,47+,48+,49-,50+,51+,52+,53-,54-,55-,56+,57-,58+,59-,60+,61-,62+,65+,66-,67+/m1/s1. The normalized spacial score (nSPS) is 52.1. The Labute approximate surface area is 580 Å². The number of allylic oxidation sites excluding steroid dienone is 1. The molecule has 100 heavy (non-hydrogen) atoms. The van der Waals surface area contributed by atoms with Gasteiger partial charge in [0.25, 0.3) is 0 Å². The van der Waals surface area contributed by atoms with Crippen molar-refractivity contribution in [3.63, 3.8) is 0 Å². The molecule has 580 valence electrons. The molecular weight excluding hydrogens is 1330 g/mol. The van der Waals surface area contributed by atoms with Crippen molar-refractivity contribution in [2.75, 3.05) is 39.6 Å². The van der Waals surface area contributed by atoms with Gasteiger partial charge in [-0.05, 0) is 106 Å². The highest BCUT2D eigenvalue weighted by Gasteiger charge is 2.71. The summed E-state index contributed by atoms with van der Waals surface area (Å²) >= 11 is 0. The van der Waals surface area contributed by atoms with Crippen LogP contribution in [0.4, 0.5) is 0 Å². The third-order valence-electron chi connectivity index (χ3n) is 25.5. The monoisotopic (exact) mass is 1450 g/mol. The third-order valence-corrected chi connectivity index (χ3v) is 25.5. The fraction of sp³-hybridized carbons (Fsp3) is 0.970. The van der Waals surface area contributed by atoms with E-state index in [2.05, 4.69) is 33.8 Å². The Hall–Kier alpha value is -1.58. The summed E-state index contributed by atoms with van der Waals surface area (Å²) in [6, 6.07) is 0. The van der Waals surface area contributed by atoms with Crippen LogP contribution >= 0.6 is 0 Å². The van der Waals surface area contributed by atoms with Gasteiger partial charge in [0.05, 0.1) is 69.2 Å². The summed E-state index contributed by atoms with van der Waals surface area (Å²) in [5, 5.41) is 239. The molecule has 33 heteroatoms. The second-order valence-corrected chi connectivity index (χ2v) is 32.1. The second kappa shape index (κ2) is 31.6. The summed E-state index contributed by atoms with van der Waals surface area (Å²) in [5.41, 5.74) is -2.68. The first-order valence-corrected chi connectivity index (χ1v) is 35.4. The average Bonchev–Trinajstić information content (AvgIpc) is 1.32. The lowest BCUT2D eigenvalue weighted by Crippen LogP contribution is -2.65. The number of aliphatic hydroxyl groups is 22. The van der Waals surface area contributed by atoms with Gasteiger partial charge in [-0.3, -0.25) is 0 Å². The quantitative estimate of drug-likeness (QED) is 0.0423. The molecule has 0 bridgehead atoms. The molecule has 10 rings (SSSR count). The van der Waals surface area contributed by atoms with Crippen LogP contribution in [0.25, 0.3) is 0 Å². The van der Waals surface area contributed by atoms with E-state index in [1.807, 2.05) is 13.8 Å². The molecule has 0 amide bonds. The molecule has 22 N–H and O–H groups in total. The highest BCUT2D eigenvalue weighted by molar-refractivity contribution is 5.32. The molecule has 5 aliphatic heterocycles. The van der Waals surface area contributed by atoms with Crippen molar-refractivity contribution >= 4 is 0 Å². The van der Waals surface area contributed by atoms with Crippen LogP contribution in [0.3, 0.4) is 0 Å². The van der Waals surface area contributed by atoms with Crippen molar-refractivity contribution in [3.8, 4) is 0 Å². The number of ether oxygens (including phenoxy) is 11. The maximum Gasteiger partial charge on any atom is 0.187 e. The van der Waals surface area contributed by atoms with E-state index in [9.17, 15) is 112 Å². The van der Waals surface area contributed by atoms with Crippen molar-refractivity contribution in [2.45, 2.75) is 315 Å². The molecule has 0 spiro atoms. The van der Waals surface area contributed by atoms with Crippen LogP contribution < -0.4 is 0 Å². The fourth-order valence-electron chi connectivity index (χ4n) is 18.8. The van der Waals surface area contributed by atoms with Crippen LogP contribution in [-0.2, 0) is 52.1 Å². The van der Waals surface area contributed by atoms with Gasteiger partial charge in [0.2, 0.25) is 0 Å². The van der Waals surface area contributed by atoms with E-state index in [0.29, 0.717) is 32.1 Å². The van der Waals surface area contributed by atoms with E-state index in [4.69, 9.17) is 52.1 Å². The molecule has 10 aliphatic rings. The van der Waals surface area contributed by atoms with Crippen LogP contribution in [0, 0.1) is 51.2 Å². The van der Waals surface area contributed by atoms with Gasteiger partial charge in [-0.15, -0.1) is 0 Å². The largest absolute Gasteiger partial charge is 0.396 e. The van der Waals surface area contributed by atoms with Crippen LogP contribution in [-0.4, -0.2) is 354 Å². The molecule has 4 unspecified atom stereocenters. The van der Waals surface area contributed by atoms with Crippen LogP contribution in [0.2, 0.25) is 0 Å². The van der Waals surface area contributed by atoms with Crippen molar-refractivity contribution < 1.29 is 164 Å². The van der Waals surface area contributed by atoms with Gasteiger partial charge in [-0.1, -0.05) is 53.2 Å². The molecule has 9 fully saturated rings. The predicted molar refractivity (Wildman–Crippen MR) is 336 cm³/mol. The van der Waals surface area contributed by atoms with Crippen molar-refractivity contribution in [2.24, 2.45) is 51.2 Å². The molecular formula is C67H114O33. The van der Waals surface area contributed by atoms with Crippen molar-refractivity contribution in [1.82, 2.24) is 0 Å². The van der Waals surface area contributed by atoms with E-state index < -0.39 is 264 Å². The highest BCUT2D eigenvalue weighted by atomic mass is 16.8. The molecule has 33 nitrogen and oxygen atoms in total. The maximum atomic E-state index is 12.9. The first-order chi connectivity index (χ1) is 46.8. The Balaban J connectivity index is 0.815. The van der Waals surface area contributed by atoms with Crippen LogP contribution in [0.15, 0.2) is 11.6 Å². The molecule has 5 saturated heterocycles. The minimum absolute atomic E-state index is 0.00259. The SMILES string of the molecule is C[C@H](CC[C@@H](O[C@@H]1O[C@H](CO[C@@H]2O[C@H](COC3C[C@H](CO)[C@@H](O)[C@H](O)[C@H]3O)[C@@H](O)[C@H](O)[C@H]2O)[C@@H](O)[C@H](O)[C@H]1O[C@H]1O[C@@H](CO)[C@H](O)[C@@H](O)[C@@H]1O)C(C)(C)O)C1CC[C@@]2(C)C3CC=C4C(CC[C@H](O[C@@H]5O[C@H](CO[C@H]6O[C@H](CO)[C@@H](O)[C@H](O)[C@H]6O)[C@@H](O)[C@H](O)[C@H]5O)C4(C)C)[C@]3(C)[C@H](O)C[C@]12C. The Kier molecular flexibility index (Phi) is 25.5. The topological polar surface area (TPSA) is 547 Å². The average molecular weight is 1450 g/mol. The van der Waals surface area contributed by atoms with Gasteiger partial charge in [0, 0.05) is 23.4 Å². The molecule has 5 heterocycles. The molecule has 0 aromatic carbocycles. The molecule has 0 aromatic heterocycles. The van der Waals surface area contributed by atoms with Gasteiger partial charge < -0.3 is 164 Å². The number of aliphatic hydroxyl groups excluding tert-OH is 21. The Morgan fingerprint density at radius 3 is 1.48 bits per heavy atom. The first-order valence-electron chi connectivity index (χ1n) is 35.4. The van der Waals surface area contributed by atoms with E-state index in [0.717, 1.165) is 18.4 Å². The highest BCUT2D eigenvalue weighted by Crippen LogP contribution is 2.75. The number of fused-ring (bicyclic) bond motifs is 5. The summed E-state index contributed by atoms with van der Waals surface area (Å²) in [4.78, 5) is 0. The summed E-state index contributed by atoms with van der Waals surface area (Å²) in [7, 11) is 0. The lowest BCUT2D eigenvalue weighted by molar-refractivity contribution is -0.380. The molecule has 0 radical (unpaired) electrons. The molecule has 5 aliphatic carbocycles. The smallest absolute Gasteiger partial charge is 0.187 e. The molecule has 0 aromatic rings. The Bertz CT molecular complexity index is 2670. The van der Waals surface area contributed by atoms with Crippen LogP contribution in [0.1, 0.15) is 113 Å². The number of hydrogen-bond donors (Lipinski definition) is 22. The zero-order chi connectivity index (χ0) is 73.5. The van der Waals surface area contributed by atoms with Crippen LogP contribution in [0.5, 0.6) is 0 Å². The lowest BCUT2D eigenvalue weighted by Gasteiger charge is -2.67. The predicted octanol–water partition coefficient (Wildman–Crippen LogP) is -6.92. The Morgan fingerprint density at radius 1 is 0.490 bits per heavy atom. The zero-order valence-electron chi connectivity index (χ0n) is 57.9. The summed E-state index contributed by atoms with van der Waals surface area (Å²) in [5.74, 6) is -1.03. The summed E-state index contributed by atoms with van der Waals surface area (Å²) in [6.45, 7) is 12.0. The fourth-order valence-corrected chi connectivity index (χ4v) is 18.8. The lowest BCUT2D eigenvalue weighted by atomic mass is 9.38. The van der Waals surface area contributed by atoms with E-state index >= 15 is 0 Å². The van der Waals surface area contributed by atoms with Crippen molar-refractivity contribution in [3.05, 3.63) is 11.6 Å². The number of hydrogen-bond acceptors (Lipinski definition) is 33. The van der Waals surface area contributed by atoms with Gasteiger partial charge in [-0.2, -0.15) is 0 Å². The molecule has 4 saturated carbocycles. The summed E-state index contributed by atoms with van der Waals surface area (Å²) < 4.78 is 65.9. The molecule has 40 atom stereocenters. The van der Waals surface area contributed by atoms with E-state index in [1.165, 1.54) is 13.8 Å². The van der Waals surface area contributed by atoms with Gasteiger partial charge in [-0.25, -0.2) is 0 Å². The Morgan fingerprint density at radius 2 is 0.950 bits per heavy atom. The minimum Gasteiger partial charge on any atom is -0.396 e.